The summed E-state index contributed by atoms with van der Waals surface area (Å²) in [4.78, 5) is -0.214. The fourth-order valence-corrected chi connectivity index (χ4v) is 3.89. The lowest BCUT2D eigenvalue weighted by molar-refractivity contribution is 0.443. The Bertz CT molecular complexity index is 778. The first-order valence-electron chi connectivity index (χ1n) is 8.71. The van der Waals surface area contributed by atoms with Gasteiger partial charge in [0.15, 0.2) is 9.84 Å². The van der Waals surface area contributed by atoms with Crippen LogP contribution in [0, 0.1) is 18.3 Å². The van der Waals surface area contributed by atoms with Gasteiger partial charge >= 0.3 is 0 Å². The van der Waals surface area contributed by atoms with Crippen LogP contribution in [0.2, 0.25) is 0 Å². The highest BCUT2D eigenvalue weighted by Crippen LogP contribution is 2.34. The zero-order valence-electron chi connectivity index (χ0n) is 15.9. The predicted octanol–water partition coefficient (Wildman–Crippen LogP) is 4.86. The molecule has 0 saturated carbocycles. The summed E-state index contributed by atoms with van der Waals surface area (Å²) >= 11 is 0. The third-order valence-corrected chi connectivity index (χ3v) is 5.85. The van der Waals surface area contributed by atoms with Gasteiger partial charge in [0.1, 0.15) is 16.7 Å². The van der Waals surface area contributed by atoms with Crippen molar-refractivity contribution < 1.29 is 13.5 Å². The van der Waals surface area contributed by atoms with Gasteiger partial charge in [-0.15, -0.1) is 0 Å². The number of unbranched alkanes of at least 4 members (excludes halogenated alkanes) is 3. The number of rotatable bonds is 7. The SMILES string of the molecule is CCCCCCS(=O)(=O)/C(C#N)=C/c1cc(C)c(O)c(C(C)(C)C)c1. The lowest BCUT2D eigenvalue weighted by Gasteiger charge is -2.22. The van der Waals surface area contributed by atoms with E-state index in [0.29, 0.717) is 17.5 Å². The second kappa shape index (κ2) is 8.53. The van der Waals surface area contributed by atoms with Crippen LogP contribution in [-0.2, 0) is 15.3 Å². The molecule has 1 aromatic rings. The number of phenolic OH excluding ortho intramolecular Hbond substituents is 1. The summed E-state index contributed by atoms with van der Waals surface area (Å²) in [7, 11) is -3.58. The molecular formula is C20H29NO3S. The third kappa shape index (κ3) is 5.89. The average molecular weight is 364 g/mol. The van der Waals surface area contributed by atoms with Gasteiger partial charge in [-0.2, -0.15) is 5.26 Å². The topological polar surface area (TPSA) is 78.2 Å². The molecule has 5 heteroatoms. The molecule has 138 valence electrons. The van der Waals surface area contributed by atoms with Crippen molar-refractivity contribution in [3.05, 3.63) is 33.7 Å². The van der Waals surface area contributed by atoms with Gasteiger partial charge in [-0.3, -0.25) is 0 Å². The van der Waals surface area contributed by atoms with E-state index in [9.17, 15) is 18.8 Å². The van der Waals surface area contributed by atoms with E-state index in [1.807, 2.05) is 26.8 Å². The number of sulfone groups is 1. The molecule has 4 nitrogen and oxygen atoms in total. The molecule has 0 saturated heterocycles. The first-order valence-corrected chi connectivity index (χ1v) is 10.4. The molecule has 0 spiro atoms. The number of nitrogens with zero attached hydrogens (tertiary/aromatic N) is 1. The van der Waals surface area contributed by atoms with Crippen LogP contribution >= 0.6 is 0 Å². The lowest BCUT2D eigenvalue weighted by atomic mass is 9.84. The first-order chi connectivity index (χ1) is 11.5. The van der Waals surface area contributed by atoms with Crippen LogP contribution in [0.25, 0.3) is 6.08 Å². The molecule has 0 atom stereocenters. The third-order valence-electron chi connectivity index (χ3n) is 4.14. The minimum atomic E-state index is -3.58. The number of phenols is 1. The van der Waals surface area contributed by atoms with Gasteiger partial charge in [-0.1, -0.05) is 47.0 Å². The Hall–Kier alpha value is -1.80. The molecule has 0 aromatic heterocycles. The molecule has 0 aliphatic heterocycles. The highest BCUT2D eigenvalue weighted by Gasteiger charge is 2.21. The number of hydrogen-bond acceptors (Lipinski definition) is 4. The van der Waals surface area contributed by atoms with E-state index in [1.165, 1.54) is 6.08 Å². The Kier molecular flexibility index (Phi) is 7.25. The van der Waals surface area contributed by atoms with Crippen LogP contribution in [0.15, 0.2) is 17.0 Å². The average Bonchev–Trinajstić information content (AvgIpc) is 2.51. The number of benzene rings is 1. The normalized spacial score (nSPS) is 12.9. The molecule has 0 unspecified atom stereocenters. The number of nitriles is 1. The summed E-state index contributed by atoms with van der Waals surface area (Å²) in [5.74, 6) is 0.209. The second-order valence-electron chi connectivity index (χ2n) is 7.48. The summed E-state index contributed by atoms with van der Waals surface area (Å²) in [5.41, 5.74) is 1.73. The monoisotopic (exact) mass is 363 g/mol. The van der Waals surface area contributed by atoms with E-state index in [1.54, 1.807) is 19.1 Å². The molecule has 25 heavy (non-hydrogen) atoms. The van der Waals surface area contributed by atoms with Gasteiger partial charge in [-0.05, 0) is 48.1 Å². The van der Waals surface area contributed by atoms with Crippen molar-refractivity contribution >= 4 is 15.9 Å². The molecule has 0 radical (unpaired) electrons. The first kappa shape index (κ1) is 21.2. The van der Waals surface area contributed by atoms with Crippen LogP contribution in [-0.4, -0.2) is 19.3 Å². The van der Waals surface area contributed by atoms with Gasteiger partial charge in [0.05, 0.1) is 5.75 Å². The molecular weight excluding hydrogens is 334 g/mol. The van der Waals surface area contributed by atoms with Crippen molar-refractivity contribution in [2.24, 2.45) is 0 Å². The Morgan fingerprint density at radius 2 is 1.88 bits per heavy atom. The highest BCUT2D eigenvalue weighted by atomic mass is 32.2. The van der Waals surface area contributed by atoms with Crippen LogP contribution in [0.3, 0.4) is 0 Å². The highest BCUT2D eigenvalue weighted by molar-refractivity contribution is 7.95. The zero-order chi connectivity index (χ0) is 19.3. The Labute approximate surface area is 152 Å². The van der Waals surface area contributed by atoms with E-state index < -0.39 is 9.84 Å². The Morgan fingerprint density at radius 1 is 1.24 bits per heavy atom. The number of allylic oxidation sites excluding steroid dienone is 1. The summed E-state index contributed by atoms with van der Waals surface area (Å²) in [6.45, 7) is 9.77. The van der Waals surface area contributed by atoms with Gasteiger partial charge < -0.3 is 5.11 Å². The second-order valence-corrected chi connectivity index (χ2v) is 9.56. The van der Waals surface area contributed by atoms with Crippen molar-refractivity contribution in [2.45, 2.75) is 65.7 Å². The molecule has 0 bridgehead atoms. The quantitative estimate of drug-likeness (QED) is 0.554. The molecule has 1 N–H and O–H groups in total. The van der Waals surface area contributed by atoms with E-state index in [-0.39, 0.29) is 21.8 Å². The van der Waals surface area contributed by atoms with Gasteiger partial charge in [-0.25, -0.2) is 8.42 Å². The van der Waals surface area contributed by atoms with Crippen molar-refractivity contribution in [3.8, 4) is 11.8 Å². The Balaban J connectivity index is 3.23. The summed E-state index contributed by atoms with van der Waals surface area (Å²) < 4.78 is 24.8. The summed E-state index contributed by atoms with van der Waals surface area (Å²) in [6.07, 6.45) is 4.85. The Morgan fingerprint density at radius 3 is 2.40 bits per heavy atom. The van der Waals surface area contributed by atoms with Gasteiger partial charge in [0.2, 0.25) is 0 Å². The van der Waals surface area contributed by atoms with E-state index in [2.05, 4.69) is 6.92 Å². The maximum absolute atomic E-state index is 12.4. The minimum Gasteiger partial charge on any atom is -0.507 e. The number of hydrogen-bond donors (Lipinski definition) is 1. The maximum Gasteiger partial charge on any atom is 0.188 e. The van der Waals surface area contributed by atoms with Crippen molar-refractivity contribution in [1.29, 1.82) is 5.26 Å². The summed E-state index contributed by atoms with van der Waals surface area (Å²) in [5, 5.41) is 19.6. The largest absolute Gasteiger partial charge is 0.507 e. The van der Waals surface area contributed by atoms with Gasteiger partial charge in [0, 0.05) is 5.56 Å². The zero-order valence-corrected chi connectivity index (χ0v) is 16.7. The van der Waals surface area contributed by atoms with Crippen molar-refractivity contribution in [2.75, 3.05) is 5.75 Å². The molecule has 0 aliphatic rings. The van der Waals surface area contributed by atoms with E-state index in [0.717, 1.165) is 24.8 Å². The molecule has 1 aromatic carbocycles. The van der Waals surface area contributed by atoms with Crippen molar-refractivity contribution in [1.82, 2.24) is 0 Å². The molecule has 0 amide bonds. The molecule has 0 fully saturated rings. The number of aryl methyl sites for hydroxylation is 1. The summed E-state index contributed by atoms with van der Waals surface area (Å²) in [6, 6.07) is 5.29. The minimum absolute atomic E-state index is 0.00438. The van der Waals surface area contributed by atoms with Crippen molar-refractivity contribution in [3.63, 3.8) is 0 Å². The molecule has 0 heterocycles. The maximum atomic E-state index is 12.4. The van der Waals surface area contributed by atoms with E-state index in [4.69, 9.17) is 0 Å². The lowest BCUT2D eigenvalue weighted by Crippen LogP contribution is -2.12. The van der Waals surface area contributed by atoms with E-state index >= 15 is 0 Å². The van der Waals surface area contributed by atoms with Crippen LogP contribution in [0.5, 0.6) is 5.75 Å². The van der Waals surface area contributed by atoms with Crippen LogP contribution in [0.1, 0.15) is 70.1 Å². The van der Waals surface area contributed by atoms with Crippen LogP contribution < -0.4 is 0 Å². The van der Waals surface area contributed by atoms with Gasteiger partial charge in [0.25, 0.3) is 0 Å². The molecule has 0 aliphatic carbocycles. The standard InChI is InChI=1S/C20H29NO3S/c1-6-7-8-9-10-25(23,24)17(14-21)12-16-11-15(2)19(22)18(13-16)20(3,4)5/h11-13,22H,6-10H2,1-5H3/b17-12+. The molecule has 1 rings (SSSR count). The smallest absolute Gasteiger partial charge is 0.188 e. The fourth-order valence-electron chi connectivity index (χ4n) is 2.63. The fraction of sp³-hybridized carbons (Fsp3) is 0.550. The predicted molar refractivity (Wildman–Crippen MR) is 103 cm³/mol. The van der Waals surface area contributed by atoms with Crippen LogP contribution in [0.4, 0.5) is 0 Å². The number of aromatic hydroxyl groups is 1.